The summed E-state index contributed by atoms with van der Waals surface area (Å²) in [5.41, 5.74) is 1.25. The maximum Gasteiger partial charge on any atom is 0.0995 e. The standard InChI is InChI=1S/C13H20N2O/c1-14-7-9-15(10-8-14)12-16-11-13-5-3-2-4-6-13/h2-6H,7-12H2,1H3. The van der Waals surface area contributed by atoms with Crippen molar-refractivity contribution in [3.05, 3.63) is 35.9 Å². The van der Waals surface area contributed by atoms with Crippen LogP contribution in [0.3, 0.4) is 0 Å². The van der Waals surface area contributed by atoms with Gasteiger partial charge in [-0.25, -0.2) is 0 Å². The summed E-state index contributed by atoms with van der Waals surface area (Å²) < 4.78 is 5.70. The van der Waals surface area contributed by atoms with Crippen molar-refractivity contribution in [1.82, 2.24) is 9.80 Å². The van der Waals surface area contributed by atoms with Crippen LogP contribution in [0.2, 0.25) is 0 Å². The summed E-state index contributed by atoms with van der Waals surface area (Å²) in [5, 5.41) is 0. The van der Waals surface area contributed by atoms with Crippen molar-refractivity contribution < 1.29 is 4.74 Å². The van der Waals surface area contributed by atoms with E-state index in [0.717, 1.165) is 32.9 Å². The summed E-state index contributed by atoms with van der Waals surface area (Å²) in [6.07, 6.45) is 0. The van der Waals surface area contributed by atoms with Gasteiger partial charge in [-0.3, -0.25) is 4.90 Å². The summed E-state index contributed by atoms with van der Waals surface area (Å²) in [6.45, 7) is 6.00. The van der Waals surface area contributed by atoms with E-state index in [2.05, 4.69) is 41.1 Å². The number of hydrogen-bond donors (Lipinski definition) is 0. The molecule has 1 heterocycles. The molecule has 1 aromatic rings. The van der Waals surface area contributed by atoms with Crippen LogP contribution in [-0.2, 0) is 11.3 Å². The van der Waals surface area contributed by atoms with Crippen molar-refractivity contribution >= 4 is 0 Å². The lowest BCUT2D eigenvalue weighted by Crippen LogP contribution is -2.45. The van der Waals surface area contributed by atoms with Crippen LogP contribution in [0.25, 0.3) is 0 Å². The second-order valence-electron chi connectivity index (χ2n) is 4.38. The molecule has 0 saturated carbocycles. The third kappa shape index (κ3) is 3.59. The molecule has 0 aliphatic carbocycles. The second-order valence-corrected chi connectivity index (χ2v) is 4.38. The van der Waals surface area contributed by atoms with Crippen molar-refractivity contribution in [2.75, 3.05) is 40.0 Å². The van der Waals surface area contributed by atoms with E-state index in [9.17, 15) is 0 Å². The number of rotatable bonds is 4. The second kappa shape index (κ2) is 5.99. The maximum atomic E-state index is 5.70. The minimum absolute atomic E-state index is 0.715. The number of hydrogen-bond acceptors (Lipinski definition) is 3. The smallest absolute Gasteiger partial charge is 0.0995 e. The lowest BCUT2D eigenvalue weighted by Gasteiger charge is -2.31. The highest BCUT2D eigenvalue weighted by molar-refractivity contribution is 5.13. The first-order valence-electron chi connectivity index (χ1n) is 5.87. The zero-order valence-corrected chi connectivity index (χ0v) is 9.93. The average Bonchev–Trinajstić information content (AvgIpc) is 2.33. The van der Waals surface area contributed by atoms with Crippen LogP contribution in [0.4, 0.5) is 0 Å². The fourth-order valence-corrected chi connectivity index (χ4v) is 1.84. The van der Waals surface area contributed by atoms with Crippen LogP contribution < -0.4 is 0 Å². The van der Waals surface area contributed by atoms with Gasteiger partial charge < -0.3 is 9.64 Å². The molecule has 1 saturated heterocycles. The third-order valence-electron chi connectivity index (χ3n) is 2.98. The summed E-state index contributed by atoms with van der Waals surface area (Å²) in [4.78, 5) is 4.72. The number of ether oxygens (including phenoxy) is 1. The Bertz CT molecular complexity index is 294. The first-order valence-corrected chi connectivity index (χ1v) is 5.87. The van der Waals surface area contributed by atoms with Crippen LogP contribution >= 0.6 is 0 Å². The van der Waals surface area contributed by atoms with Crippen LogP contribution in [0, 0.1) is 0 Å². The average molecular weight is 220 g/mol. The van der Waals surface area contributed by atoms with E-state index in [1.165, 1.54) is 5.56 Å². The molecule has 1 aliphatic heterocycles. The zero-order chi connectivity index (χ0) is 11.2. The van der Waals surface area contributed by atoms with Crippen molar-refractivity contribution in [3.63, 3.8) is 0 Å². The first-order chi connectivity index (χ1) is 7.84. The highest BCUT2D eigenvalue weighted by atomic mass is 16.5. The summed E-state index contributed by atoms with van der Waals surface area (Å²) in [7, 11) is 2.17. The number of benzene rings is 1. The maximum absolute atomic E-state index is 5.70. The Balaban J connectivity index is 1.65. The Morgan fingerprint density at radius 2 is 1.75 bits per heavy atom. The molecule has 88 valence electrons. The Hall–Kier alpha value is -0.900. The zero-order valence-electron chi connectivity index (χ0n) is 9.93. The van der Waals surface area contributed by atoms with Crippen LogP contribution in [0.1, 0.15) is 5.56 Å². The molecule has 2 rings (SSSR count). The molecular formula is C13H20N2O. The van der Waals surface area contributed by atoms with Crippen molar-refractivity contribution in [2.24, 2.45) is 0 Å². The highest BCUT2D eigenvalue weighted by Gasteiger charge is 2.12. The molecule has 0 aromatic heterocycles. The molecule has 0 amide bonds. The monoisotopic (exact) mass is 220 g/mol. The van der Waals surface area contributed by atoms with Gasteiger partial charge in [-0.05, 0) is 12.6 Å². The quantitative estimate of drug-likeness (QED) is 0.763. The third-order valence-corrected chi connectivity index (χ3v) is 2.98. The van der Waals surface area contributed by atoms with Gasteiger partial charge in [0.15, 0.2) is 0 Å². The lowest BCUT2D eigenvalue weighted by atomic mass is 10.2. The topological polar surface area (TPSA) is 15.7 Å². The van der Waals surface area contributed by atoms with E-state index in [1.807, 2.05) is 6.07 Å². The minimum Gasteiger partial charge on any atom is -0.361 e. The molecule has 1 aliphatic rings. The Morgan fingerprint density at radius 3 is 2.44 bits per heavy atom. The normalized spacial score (nSPS) is 18.8. The molecule has 0 atom stereocenters. The van der Waals surface area contributed by atoms with Crippen LogP contribution in [0.15, 0.2) is 30.3 Å². The number of likely N-dealkylation sites (N-methyl/N-ethyl adjacent to an activating group) is 1. The predicted molar refractivity (Wildman–Crippen MR) is 65.2 cm³/mol. The molecule has 0 unspecified atom stereocenters. The van der Waals surface area contributed by atoms with Crippen molar-refractivity contribution in [1.29, 1.82) is 0 Å². The lowest BCUT2D eigenvalue weighted by molar-refractivity contribution is -0.00183. The predicted octanol–water partition coefficient (Wildman–Crippen LogP) is 1.41. The van der Waals surface area contributed by atoms with Gasteiger partial charge in [-0.15, -0.1) is 0 Å². The van der Waals surface area contributed by atoms with Gasteiger partial charge in [-0.1, -0.05) is 30.3 Å². The number of piperazine rings is 1. The van der Waals surface area contributed by atoms with Gasteiger partial charge in [0.2, 0.25) is 0 Å². The Kier molecular flexibility index (Phi) is 4.34. The molecule has 3 heteroatoms. The van der Waals surface area contributed by atoms with Crippen LogP contribution in [-0.4, -0.2) is 49.8 Å². The van der Waals surface area contributed by atoms with E-state index in [0.29, 0.717) is 6.61 Å². The van der Waals surface area contributed by atoms with Gasteiger partial charge in [0, 0.05) is 26.2 Å². The van der Waals surface area contributed by atoms with E-state index in [-0.39, 0.29) is 0 Å². The van der Waals surface area contributed by atoms with Gasteiger partial charge in [0.1, 0.15) is 0 Å². The largest absolute Gasteiger partial charge is 0.361 e. The van der Waals surface area contributed by atoms with E-state index in [1.54, 1.807) is 0 Å². The molecule has 0 bridgehead atoms. The molecule has 0 spiro atoms. The highest BCUT2D eigenvalue weighted by Crippen LogP contribution is 2.03. The first kappa shape index (κ1) is 11.6. The SMILES string of the molecule is CN1CCN(COCc2ccccc2)CC1. The summed E-state index contributed by atoms with van der Waals surface area (Å²) >= 11 is 0. The van der Waals surface area contributed by atoms with Gasteiger partial charge in [-0.2, -0.15) is 0 Å². The summed E-state index contributed by atoms with van der Waals surface area (Å²) in [5.74, 6) is 0. The van der Waals surface area contributed by atoms with E-state index < -0.39 is 0 Å². The molecule has 1 fully saturated rings. The fraction of sp³-hybridized carbons (Fsp3) is 0.538. The van der Waals surface area contributed by atoms with Crippen molar-refractivity contribution in [2.45, 2.75) is 6.61 Å². The molecule has 0 radical (unpaired) electrons. The van der Waals surface area contributed by atoms with Crippen molar-refractivity contribution in [3.8, 4) is 0 Å². The van der Waals surface area contributed by atoms with Gasteiger partial charge in [0.25, 0.3) is 0 Å². The Morgan fingerprint density at radius 1 is 1.06 bits per heavy atom. The number of nitrogens with zero attached hydrogens (tertiary/aromatic N) is 2. The van der Waals surface area contributed by atoms with Gasteiger partial charge >= 0.3 is 0 Å². The van der Waals surface area contributed by atoms with Crippen LogP contribution in [0.5, 0.6) is 0 Å². The van der Waals surface area contributed by atoms with E-state index in [4.69, 9.17) is 4.74 Å². The summed E-state index contributed by atoms with van der Waals surface area (Å²) in [6, 6.07) is 10.3. The molecule has 16 heavy (non-hydrogen) atoms. The molecule has 3 nitrogen and oxygen atoms in total. The minimum atomic E-state index is 0.715. The fourth-order valence-electron chi connectivity index (χ4n) is 1.84. The Labute approximate surface area is 97.6 Å². The van der Waals surface area contributed by atoms with E-state index >= 15 is 0 Å². The molecular weight excluding hydrogens is 200 g/mol. The molecule has 1 aromatic carbocycles. The van der Waals surface area contributed by atoms with Gasteiger partial charge in [0.05, 0.1) is 13.3 Å². The molecule has 0 N–H and O–H groups in total.